The minimum absolute atomic E-state index is 0.0519. The highest BCUT2D eigenvalue weighted by molar-refractivity contribution is 7.16. The molecule has 76 valence electrons. The largest absolute Gasteiger partial charge is 0.290 e. The molecule has 15 heavy (non-hydrogen) atoms. The van der Waals surface area contributed by atoms with E-state index in [1.54, 1.807) is 18.4 Å². The minimum atomic E-state index is -0.0519. The van der Waals surface area contributed by atoms with Gasteiger partial charge in [0.1, 0.15) is 16.2 Å². The third-order valence-corrected chi connectivity index (χ3v) is 3.46. The molecule has 0 aliphatic carbocycles. The second-order valence-corrected chi connectivity index (χ2v) is 4.42. The van der Waals surface area contributed by atoms with E-state index < -0.39 is 0 Å². The molecule has 0 atom stereocenters. The van der Waals surface area contributed by atoms with Crippen molar-refractivity contribution in [1.82, 2.24) is 14.2 Å². The van der Waals surface area contributed by atoms with Gasteiger partial charge in [-0.2, -0.15) is 5.10 Å². The van der Waals surface area contributed by atoms with E-state index >= 15 is 0 Å². The zero-order valence-electron chi connectivity index (χ0n) is 8.39. The molecule has 5 heteroatoms. The van der Waals surface area contributed by atoms with Gasteiger partial charge in [-0.15, -0.1) is 11.3 Å². The van der Waals surface area contributed by atoms with Crippen LogP contribution in [-0.4, -0.2) is 14.2 Å². The van der Waals surface area contributed by atoms with Crippen LogP contribution in [0.4, 0.5) is 0 Å². The molecular weight excluding hydrogens is 210 g/mol. The van der Waals surface area contributed by atoms with Crippen molar-refractivity contribution in [3.05, 3.63) is 33.7 Å². The fourth-order valence-electron chi connectivity index (χ4n) is 1.88. The summed E-state index contributed by atoms with van der Waals surface area (Å²) in [6, 6.07) is 3.94. The van der Waals surface area contributed by atoms with Crippen LogP contribution in [0.15, 0.2) is 22.3 Å². The maximum Gasteiger partial charge on any atom is 0.290 e. The molecule has 0 unspecified atom stereocenters. The maximum absolute atomic E-state index is 11.8. The van der Waals surface area contributed by atoms with E-state index in [0.717, 1.165) is 16.0 Å². The average molecular weight is 219 g/mol. The Morgan fingerprint density at radius 2 is 2.27 bits per heavy atom. The quantitative estimate of drug-likeness (QED) is 0.575. The molecule has 0 amide bonds. The van der Waals surface area contributed by atoms with Gasteiger partial charge in [-0.25, -0.2) is 4.68 Å². The zero-order chi connectivity index (χ0) is 10.6. The number of aromatic nitrogens is 3. The van der Waals surface area contributed by atoms with Crippen molar-refractivity contribution in [2.24, 2.45) is 7.05 Å². The molecule has 3 aromatic heterocycles. The first-order valence-corrected chi connectivity index (χ1v) is 5.49. The second-order valence-electron chi connectivity index (χ2n) is 3.52. The maximum atomic E-state index is 11.8. The number of hydrogen-bond acceptors (Lipinski definition) is 3. The first-order valence-electron chi connectivity index (χ1n) is 4.61. The molecule has 0 aliphatic heterocycles. The summed E-state index contributed by atoms with van der Waals surface area (Å²) in [6.45, 7) is 1.91. The molecule has 0 saturated heterocycles. The standard InChI is InChI=1S/C10H9N3OS/c1-6-11-12(2)9(14)8-5-7-3-4-15-10(7)13(6)8/h3-5H,1-2H3. The van der Waals surface area contributed by atoms with Crippen LogP contribution in [0.3, 0.4) is 0 Å². The summed E-state index contributed by atoms with van der Waals surface area (Å²) >= 11 is 1.63. The molecule has 3 heterocycles. The highest BCUT2D eigenvalue weighted by atomic mass is 32.1. The van der Waals surface area contributed by atoms with Gasteiger partial charge >= 0.3 is 0 Å². The first-order chi connectivity index (χ1) is 7.18. The van der Waals surface area contributed by atoms with Crippen LogP contribution >= 0.6 is 11.3 Å². The molecule has 0 fully saturated rings. The molecule has 0 aliphatic rings. The molecule has 0 radical (unpaired) electrons. The summed E-state index contributed by atoms with van der Waals surface area (Å²) in [6.07, 6.45) is 0. The van der Waals surface area contributed by atoms with E-state index in [9.17, 15) is 4.79 Å². The summed E-state index contributed by atoms with van der Waals surface area (Å²) in [5, 5.41) is 7.30. The predicted octanol–water partition coefficient (Wildman–Crippen LogP) is 1.56. The van der Waals surface area contributed by atoms with E-state index in [-0.39, 0.29) is 5.56 Å². The van der Waals surface area contributed by atoms with Gasteiger partial charge in [0, 0.05) is 12.4 Å². The fraction of sp³-hybridized carbons (Fsp3) is 0.200. The van der Waals surface area contributed by atoms with Gasteiger partial charge in [0.15, 0.2) is 0 Å². The lowest BCUT2D eigenvalue weighted by Gasteiger charge is -2.02. The van der Waals surface area contributed by atoms with Crippen molar-refractivity contribution in [3.8, 4) is 0 Å². The lowest BCUT2D eigenvalue weighted by molar-refractivity contribution is 0.673. The number of aryl methyl sites for hydroxylation is 2. The van der Waals surface area contributed by atoms with Gasteiger partial charge in [0.25, 0.3) is 5.56 Å². The average Bonchev–Trinajstić information content (AvgIpc) is 2.72. The summed E-state index contributed by atoms with van der Waals surface area (Å²) in [7, 11) is 1.68. The summed E-state index contributed by atoms with van der Waals surface area (Å²) in [5.74, 6) is 0.838. The number of fused-ring (bicyclic) bond motifs is 3. The van der Waals surface area contributed by atoms with Crippen molar-refractivity contribution in [1.29, 1.82) is 0 Å². The molecule has 3 rings (SSSR count). The number of nitrogens with zero attached hydrogens (tertiary/aromatic N) is 3. The molecule has 0 saturated carbocycles. The third-order valence-electron chi connectivity index (χ3n) is 2.54. The van der Waals surface area contributed by atoms with Gasteiger partial charge in [-0.3, -0.25) is 9.20 Å². The van der Waals surface area contributed by atoms with Gasteiger partial charge in [0.2, 0.25) is 0 Å². The smallest absolute Gasteiger partial charge is 0.282 e. The van der Waals surface area contributed by atoms with Crippen LogP contribution < -0.4 is 5.56 Å². The normalized spacial score (nSPS) is 11.6. The van der Waals surface area contributed by atoms with Crippen LogP contribution in [0.2, 0.25) is 0 Å². The summed E-state index contributed by atoms with van der Waals surface area (Å²) in [4.78, 5) is 12.9. The molecule has 0 bridgehead atoms. The lowest BCUT2D eigenvalue weighted by Crippen LogP contribution is -2.23. The highest BCUT2D eigenvalue weighted by Crippen LogP contribution is 2.24. The Morgan fingerprint density at radius 1 is 1.47 bits per heavy atom. The van der Waals surface area contributed by atoms with Crippen molar-refractivity contribution in [3.63, 3.8) is 0 Å². The monoisotopic (exact) mass is 219 g/mol. The van der Waals surface area contributed by atoms with E-state index in [2.05, 4.69) is 5.10 Å². The molecule has 0 aromatic carbocycles. The van der Waals surface area contributed by atoms with Crippen LogP contribution in [-0.2, 0) is 7.05 Å². The Kier molecular flexibility index (Phi) is 1.56. The first kappa shape index (κ1) is 8.67. The van der Waals surface area contributed by atoms with Crippen LogP contribution in [0, 0.1) is 6.92 Å². The second kappa shape index (κ2) is 2.70. The van der Waals surface area contributed by atoms with Gasteiger partial charge in [-0.05, 0) is 24.4 Å². The molecule has 4 nitrogen and oxygen atoms in total. The van der Waals surface area contributed by atoms with Crippen molar-refractivity contribution >= 4 is 27.1 Å². The van der Waals surface area contributed by atoms with E-state index in [4.69, 9.17) is 0 Å². The molecule has 0 N–H and O–H groups in total. The summed E-state index contributed by atoms with van der Waals surface area (Å²) < 4.78 is 3.30. The topological polar surface area (TPSA) is 39.3 Å². The lowest BCUT2D eigenvalue weighted by atomic mass is 10.4. The van der Waals surface area contributed by atoms with Crippen LogP contribution in [0.5, 0.6) is 0 Å². The van der Waals surface area contributed by atoms with E-state index in [1.807, 2.05) is 28.8 Å². The minimum Gasteiger partial charge on any atom is -0.282 e. The highest BCUT2D eigenvalue weighted by Gasteiger charge is 2.10. The SMILES string of the molecule is Cc1nn(C)c(=O)c2cc3ccsc3n12. The predicted molar refractivity (Wildman–Crippen MR) is 60.6 cm³/mol. The van der Waals surface area contributed by atoms with Crippen LogP contribution in [0.1, 0.15) is 5.82 Å². The number of hydrogen-bond donors (Lipinski definition) is 0. The Bertz CT molecular complexity index is 719. The Hall–Kier alpha value is -1.62. The Balaban J connectivity index is 2.72. The van der Waals surface area contributed by atoms with E-state index in [0.29, 0.717) is 5.52 Å². The van der Waals surface area contributed by atoms with Crippen molar-refractivity contribution in [2.75, 3.05) is 0 Å². The molecular formula is C10H9N3OS. The van der Waals surface area contributed by atoms with E-state index in [1.165, 1.54) is 4.68 Å². The fourth-order valence-corrected chi connectivity index (χ4v) is 2.82. The zero-order valence-corrected chi connectivity index (χ0v) is 9.21. The van der Waals surface area contributed by atoms with Gasteiger partial charge < -0.3 is 0 Å². The van der Waals surface area contributed by atoms with Gasteiger partial charge in [-0.1, -0.05) is 0 Å². The number of rotatable bonds is 0. The Labute approximate surface area is 89.4 Å². The van der Waals surface area contributed by atoms with Crippen molar-refractivity contribution < 1.29 is 0 Å². The Morgan fingerprint density at radius 3 is 3.07 bits per heavy atom. The molecule has 0 spiro atoms. The number of thiophene rings is 1. The van der Waals surface area contributed by atoms with Crippen LogP contribution in [0.25, 0.3) is 15.7 Å². The van der Waals surface area contributed by atoms with Crippen molar-refractivity contribution in [2.45, 2.75) is 6.92 Å². The summed E-state index contributed by atoms with van der Waals surface area (Å²) in [5.41, 5.74) is 0.649. The van der Waals surface area contributed by atoms with Gasteiger partial charge in [0.05, 0.1) is 0 Å². The third kappa shape index (κ3) is 1.01. The molecule has 3 aromatic rings.